The largest absolute Gasteiger partial charge is 0.491 e. The van der Waals surface area contributed by atoms with Gasteiger partial charge in [0, 0.05) is 9.13 Å². The third-order valence-electron chi connectivity index (χ3n) is 1.58. The van der Waals surface area contributed by atoms with Gasteiger partial charge in [-0.1, -0.05) is 6.07 Å². The van der Waals surface area contributed by atoms with Gasteiger partial charge in [0.2, 0.25) is 0 Å². The maximum Gasteiger partial charge on any atom is 0.123 e. The van der Waals surface area contributed by atoms with Crippen LogP contribution < -0.4 is 4.74 Å². The first-order valence-electron chi connectivity index (χ1n) is 4.03. The summed E-state index contributed by atoms with van der Waals surface area (Å²) in [6.07, 6.45) is 0.252. The zero-order valence-corrected chi connectivity index (χ0v) is 9.75. The van der Waals surface area contributed by atoms with Gasteiger partial charge in [0.15, 0.2) is 0 Å². The summed E-state index contributed by atoms with van der Waals surface area (Å²) in [5.74, 6) is 0.997. The van der Waals surface area contributed by atoms with E-state index in [1.807, 2.05) is 26.0 Å². The molecule has 0 N–H and O–H groups in total. The number of hydrogen-bond acceptors (Lipinski definition) is 1. The molecule has 1 aromatic rings. The molecule has 0 heterocycles. The van der Waals surface area contributed by atoms with Crippen molar-refractivity contribution in [2.24, 2.45) is 0 Å². The molecule has 0 atom stereocenters. The lowest BCUT2D eigenvalue weighted by atomic mass is 10.2. The minimum absolute atomic E-state index is 0.252. The van der Waals surface area contributed by atoms with E-state index in [1.54, 1.807) is 0 Å². The van der Waals surface area contributed by atoms with Crippen LogP contribution in [0.1, 0.15) is 19.4 Å². The quantitative estimate of drug-likeness (QED) is 0.752. The van der Waals surface area contributed by atoms with E-state index in [-0.39, 0.29) is 6.10 Å². The van der Waals surface area contributed by atoms with Crippen LogP contribution in [-0.4, -0.2) is 6.10 Å². The Labute approximate surface area is 87.3 Å². The topological polar surface area (TPSA) is 9.23 Å². The van der Waals surface area contributed by atoms with Crippen molar-refractivity contribution in [1.82, 2.24) is 0 Å². The summed E-state index contributed by atoms with van der Waals surface area (Å²) >= 11 is 2.32. The van der Waals surface area contributed by atoms with Gasteiger partial charge in [-0.05, 0) is 55.5 Å². The highest BCUT2D eigenvalue weighted by atomic mass is 127. The molecule has 0 fully saturated rings. The Morgan fingerprint density at radius 2 is 2.00 bits per heavy atom. The summed E-state index contributed by atoms with van der Waals surface area (Å²) in [7, 11) is 0. The van der Waals surface area contributed by atoms with Crippen molar-refractivity contribution >= 4 is 22.6 Å². The van der Waals surface area contributed by atoms with Crippen LogP contribution >= 0.6 is 22.6 Å². The first-order valence-corrected chi connectivity index (χ1v) is 5.11. The summed E-state index contributed by atoms with van der Waals surface area (Å²) in [5.41, 5.74) is 1.23. The minimum Gasteiger partial charge on any atom is -0.491 e. The highest BCUT2D eigenvalue weighted by Gasteiger charge is 2.03. The van der Waals surface area contributed by atoms with E-state index >= 15 is 0 Å². The highest BCUT2D eigenvalue weighted by molar-refractivity contribution is 14.1. The van der Waals surface area contributed by atoms with Crippen molar-refractivity contribution < 1.29 is 4.74 Å². The van der Waals surface area contributed by atoms with Gasteiger partial charge in [-0.15, -0.1) is 0 Å². The third-order valence-corrected chi connectivity index (χ3v) is 2.75. The van der Waals surface area contributed by atoms with Crippen molar-refractivity contribution in [2.45, 2.75) is 26.9 Å². The standard InChI is InChI=1S/C10H13IO/c1-7(2)12-10-6-4-5-9(11)8(10)3/h4-7H,1-3H3. The third kappa shape index (κ3) is 2.37. The lowest BCUT2D eigenvalue weighted by molar-refractivity contribution is 0.240. The van der Waals surface area contributed by atoms with Crippen LogP contribution in [0.25, 0.3) is 0 Å². The molecule has 0 aliphatic carbocycles. The van der Waals surface area contributed by atoms with Crippen LogP contribution in [0, 0.1) is 10.5 Å². The molecule has 1 rings (SSSR count). The Bertz CT molecular complexity index is 269. The van der Waals surface area contributed by atoms with Gasteiger partial charge in [-0.2, -0.15) is 0 Å². The normalized spacial score (nSPS) is 10.4. The summed E-state index contributed by atoms with van der Waals surface area (Å²) in [6, 6.07) is 6.12. The fourth-order valence-corrected chi connectivity index (χ4v) is 1.44. The number of halogens is 1. The van der Waals surface area contributed by atoms with Gasteiger partial charge in [0.25, 0.3) is 0 Å². The van der Waals surface area contributed by atoms with Crippen molar-refractivity contribution in [3.05, 3.63) is 27.3 Å². The first-order chi connectivity index (χ1) is 5.61. The highest BCUT2D eigenvalue weighted by Crippen LogP contribution is 2.23. The summed E-state index contributed by atoms with van der Waals surface area (Å²) < 4.78 is 6.88. The molecule has 2 heteroatoms. The molecule has 12 heavy (non-hydrogen) atoms. The van der Waals surface area contributed by atoms with Gasteiger partial charge >= 0.3 is 0 Å². The predicted molar refractivity (Wildman–Crippen MR) is 59.7 cm³/mol. The second-order valence-electron chi connectivity index (χ2n) is 3.03. The van der Waals surface area contributed by atoms with Crippen LogP contribution in [0.5, 0.6) is 5.75 Å². The van der Waals surface area contributed by atoms with Gasteiger partial charge in [0.05, 0.1) is 6.10 Å². The van der Waals surface area contributed by atoms with E-state index in [0.29, 0.717) is 0 Å². The molecular weight excluding hydrogens is 263 g/mol. The van der Waals surface area contributed by atoms with Crippen molar-refractivity contribution in [1.29, 1.82) is 0 Å². The number of hydrogen-bond donors (Lipinski definition) is 0. The van der Waals surface area contributed by atoms with E-state index in [9.17, 15) is 0 Å². The van der Waals surface area contributed by atoms with Gasteiger partial charge < -0.3 is 4.74 Å². The molecule has 0 spiro atoms. The maximum atomic E-state index is 5.62. The van der Waals surface area contributed by atoms with E-state index < -0.39 is 0 Å². The van der Waals surface area contributed by atoms with Crippen molar-refractivity contribution in [3.8, 4) is 5.75 Å². The number of benzene rings is 1. The SMILES string of the molecule is Cc1c(I)cccc1OC(C)C. The van der Waals surface area contributed by atoms with Crippen molar-refractivity contribution in [2.75, 3.05) is 0 Å². The first kappa shape index (κ1) is 9.84. The molecule has 66 valence electrons. The lowest BCUT2D eigenvalue weighted by Gasteiger charge is -2.12. The molecule has 0 unspecified atom stereocenters. The Kier molecular flexibility index (Phi) is 3.38. The van der Waals surface area contributed by atoms with Gasteiger partial charge in [-0.3, -0.25) is 0 Å². The minimum atomic E-state index is 0.252. The molecule has 0 radical (unpaired) electrons. The molecule has 0 amide bonds. The average Bonchev–Trinajstić information content (AvgIpc) is 1.98. The molecule has 1 nitrogen and oxygen atoms in total. The molecular formula is C10H13IO. The van der Waals surface area contributed by atoms with Gasteiger partial charge in [0.1, 0.15) is 5.75 Å². The van der Waals surface area contributed by atoms with E-state index in [0.717, 1.165) is 5.75 Å². The maximum absolute atomic E-state index is 5.62. The fraction of sp³-hybridized carbons (Fsp3) is 0.400. The van der Waals surface area contributed by atoms with Crippen LogP contribution in [0.15, 0.2) is 18.2 Å². The van der Waals surface area contributed by atoms with Crippen molar-refractivity contribution in [3.63, 3.8) is 0 Å². The molecule has 0 aromatic heterocycles. The Hall–Kier alpha value is -0.250. The second kappa shape index (κ2) is 4.12. The predicted octanol–water partition coefficient (Wildman–Crippen LogP) is 3.39. The lowest BCUT2D eigenvalue weighted by Crippen LogP contribution is -2.06. The summed E-state index contributed by atoms with van der Waals surface area (Å²) in [6.45, 7) is 6.16. The zero-order valence-electron chi connectivity index (χ0n) is 7.60. The Balaban J connectivity index is 2.92. The van der Waals surface area contributed by atoms with E-state index in [4.69, 9.17) is 4.74 Å². The molecule has 0 saturated carbocycles. The van der Waals surface area contributed by atoms with Crippen LogP contribution in [0.4, 0.5) is 0 Å². The smallest absolute Gasteiger partial charge is 0.123 e. The molecule has 0 bridgehead atoms. The Morgan fingerprint density at radius 3 is 2.58 bits per heavy atom. The summed E-state index contributed by atoms with van der Waals surface area (Å²) in [5, 5.41) is 0. The van der Waals surface area contributed by atoms with Crippen LogP contribution in [0.2, 0.25) is 0 Å². The van der Waals surface area contributed by atoms with Crippen LogP contribution in [0.3, 0.4) is 0 Å². The number of rotatable bonds is 2. The zero-order chi connectivity index (χ0) is 9.14. The summed E-state index contributed by atoms with van der Waals surface area (Å²) in [4.78, 5) is 0. The second-order valence-corrected chi connectivity index (χ2v) is 4.19. The molecule has 0 aliphatic rings. The van der Waals surface area contributed by atoms with E-state index in [1.165, 1.54) is 9.13 Å². The average molecular weight is 276 g/mol. The molecule has 0 aliphatic heterocycles. The fourth-order valence-electron chi connectivity index (χ4n) is 0.969. The monoisotopic (exact) mass is 276 g/mol. The van der Waals surface area contributed by atoms with Gasteiger partial charge in [-0.25, -0.2) is 0 Å². The van der Waals surface area contributed by atoms with Crippen LogP contribution in [-0.2, 0) is 0 Å². The van der Waals surface area contributed by atoms with E-state index in [2.05, 4.69) is 35.6 Å². The Morgan fingerprint density at radius 1 is 1.33 bits per heavy atom. The molecule has 0 saturated heterocycles. The molecule has 1 aromatic carbocycles. The number of ether oxygens (including phenoxy) is 1.